The Kier molecular flexibility index (Phi) is 4.83. The second-order valence-corrected chi connectivity index (χ2v) is 3.19. The molecule has 0 radical (unpaired) electrons. The highest BCUT2D eigenvalue weighted by molar-refractivity contribution is 5.86. The summed E-state index contributed by atoms with van der Waals surface area (Å²) in [4.78, 5) is 11.4. The summed E-state index contributed by atoms with van der Waals surface area (Å²) in [6.07, 6.45) is 3.01. The lowest BCUT2D eigenvalue weighted by atomic mass is 9.99. The van der Waals surface area contributed by atoms with E-state index in [9.17, 15) is 4.79 Å². The van der Waals surface area contributed by atoms with Crippen LogP contribution in [0.25, 0.3) is 0 Å². The van der Waals surface area contributed by atoms with E-state index in [-0.39, 0.29) is 5.78 Å². The fourth-order valence-electron chi connectivity index (χ4n) is 0.976. The molecule has 0 spiro atoms. The fourth-order valence-corrected chi connectivity index (χ4v) is 0.976. The minimum atomic E-state index is -0.627. The van der Waals surface area contributed by atoms with E-state index in [0.717, 1.165) is 6.42 Å². The SMILES string of the molecule is C=CCCC(=O)C(C)(C)OCC. The lowest BCUT2D eigenvalue weighted by molar-refractivity contribution is -0.139. The molecule has 0 aliphatic carbocycles. The van der Waals surface area contributed by atoms with E-state index in [4.69, 9.17) is 4.74 Å². The van der Waals surface area contributed by atoms with Crippen LogP contribution in [-0.2, 0) is 9.53 Å². The third-order valence-electron chi connectivity index (χ3n) is 1.75. The van der Waals surface area contributed by atoms with Gasteiger partial charge in [0.05, 0.1) is 0 Å². The first-order chi connectivity index (χ1) is 5.54. The summed E-state index contributed by atoms with van der Waals surface area (Å²) in [5.41, 5.74) is -0.627. The van der Waals surface area contributed by atoms with Gasteiger partial charge >= 0.3 is 0 Å². The molecule has 0 heterocycles. The quantitative estimate of drug-likeness (QED) is 0.572. The monoisotopic (exact) mass is 170 g/mol. The second kappa shape index (κ2) is 5.09. The molecule has 0 atom stereocenters. The van der Waals surface area contributed by atoms with Gasteiger partial charge in [-0.15, -0.1) is 6.58 Å². The van der Waals surface area contributed by atoms with E-state index in [1.807, 2.05) is 20.8 Å². The Bertz CT molecular complexity index is 159. The van der Waals surface area contributed by atoms with Crippen LogP contribution in [0.4, 0.5) is 0 Å². The summed E-state index contributed by atoms with van der Waals surface area (Å²) >= 11 is 0. The summed E-state index contributed by atoms with van der Waals surface area (Å²) in [6.45, 7) is 9.65. The zero-order valence-electron chi connectivity index (χ0n) is 8.22. The Hall–Kier alpha value is -0.630. The lowest BCUT2D eigenvalue weighted by Crippen LogP contribution is -2.34. The van der Waals surface area contributed by atoms with Crippen molar-refractivity contribution in [3.05, 3.63) is 12.7 Å². The largest absolute Gasteiger partial charge is 0.368 e. The smallest absolute Gasteiger partial charge is 0.164 e. The molecule has 0 fully saturated rings. The van der Waals surface area contributed by atoms with Crippen LogP contribution in [0.2, 0.25) is 0 Å². The zero-order valence-corrected chi connectivity index (χ0v) is 8.22. The number of ether oxygens (including phenoxy) is 1. The van der Waals surface area contributed by atoms with Crippen molar-refractivity contribution in [1.82, 2.24) is 0 Å². The molecule has 0 rings (SSSR count). The minimum Gasteiger partial charge on any atom is -0.368 e. The van der Waals surface area contributed by atoms with Crippen LogP contribution >= 0.6 is 0 Å². The zero-order chi connectivity index (χ0) is 9.61. The van der Waals surface area contributed by atoms with Crippen LogP contribution in [-0.4, -0.2) is 18.0 Å². The van der Waals surface area contributed by atoms with Gasteiger partial charge < -0.3 is 4.74 Å². The average Bonchev–Trinajstić information content (AvgIpc) is 2.00. The predicted molar refractivity (Wildman–Crippen MR) is 50.1 cm³/mol. The minimum absolute atomic E-state index is 0.143. The van der Waals surface area contributed by atoms with Gasteiger partial charge in [0.15, 0.2) is 5.78 Å². The number of hydrogen-bond donors (Lipinski definition) is 0. The topological polar surface area (TPSA) is 26.3 Å². The third kappa shape index (κ3) is 3.67. The van der Waals surface area contributed by atoms with Crippen molar-refractivity contribution in [3.63, 3.8) is 0 Å². The number of hydrogen-bond acceptors (Lipinski definition) is 2. The molecule has 2 heteroatoms. The van der Waals surface area contributed by atoms with Crippen molar-refractivity contribution < 1.29 is 9.53 Å². The average molecular weight is 170 g/mol. The van der Waals surface area contributed by atoms with Crippen molar-refractivity contribution in [2.24, 2.45) is 0 Å². The standard InChI is InChI=1S/C10H18O2/c1-5-7-8-9(11)10(3,4)12-6-2/h5H,1,6-8H2,2-4H3. The van der Waals surface area contributed by atoms with E-state index in [2.05, 4.69) is 6.58 Å². The van der Waals surface area contributed by atoms with Gasteiger partial charge in [-0.2, -0.15) is 0 Å². The molecule has 0 aromatic rings. The van der Waals surface area contributed by atoms with E-state index in [0.29, 0.717) is 13.0 Å². The maximum Gasteiger partial charge on any atom is 0.164 e. The van der Waals surface area contributed by atoms with Crippen molar-refractivity contribution in [2.75, 3.05) is 6.61 Å². The van der Waals surface area contributed by atoms with Gasteiger partial charge in [0.1, 0.15) is 5.60 Å². The van der Waals surface area contributed by atoms with E-state index in [1.165, 1.54) is 0 Å². The van der Waals surface area contributed by atoms with Gasteiger partial charge in [-0.05, 0) is 27.2 Å². The molecule has 0 aromatic carbocycles. The fraction of sp³-hybridized carbons (Fsp3) is 0.700. The van der Waals surface area contributed by atoms with E-state index < -0.39 is 5.60 Å². The first-order valence-corrected chi connectivity index (χ1v) is 4.32. The van der Waals surface area contributed by atoms with Crippen molar-refractivity contribution in [2.45, 2.75) is 39.2 Å². The Morgan fingerprint density at radius 3 is 2.58 bits per heavy atom. The van der Waals surface area contributed by atoms with E-state index in [1.54, 1.807) is 6.08 Å². The molecule has 0 aromatic heterocycles. The lowest BCUT2D eigenvalue weighted by Gasteiger charge is -2.22. The number of carbonyl (C=O) groups excluding carboxylic acids is 1. The Labute approximate surface area is 74.6 Å². The molecule has 0 amide bonds. The van der Waals surface area contributed by atoms with E-state index >= 15 is 0 Å². The van der Waals surface area contributed by atoms with Crippen molar-refractivity contribution in [3.8, 4) is 0 Å². The molecule has 12 heavy (non-hydrogen) atoms. The van der Waals surface area contributed by atoms with Gasteiger partial charge in [-0.1, -0.05) is 6.08 Å². The molecule has 0 saturated heterocycles. The normalized spacial score (nSPS) is 11.2. The van der Waals surface area contributed by atoms with Crippen molar-refractivity contribution in [1.29, 1.82) is 0 Å². The summed E-state index contributed by atoms with van der Waals surface area (Å²) in [5.74, 6) is 0.143. The molecule has 0 bridgehead atoms. The maximum absolute atomic E-state index is 11.4. The van der Waals surface area contributed by atoms with Crippen LogP contribution in [0, 0.1) is 0 Å². The molecular formula is C10H18O2. The molecule has 0 saturated carbocycles. The predicted octanol–water partition coefficient (Wildman–Crippen LogP) is 2.34. The Morgan fingerprint density at radius 1 is 1.58 bits per heavy atom. The van der Waals surface area contributed by atoms with Crippen LogP contribution in [0.15, 0.2) is 12.7 Å². The second-order valence-electron chi connectivity index (χ2n) is 3.19. The first-order valence-electron chi connectivity index (χ1n) is 4.32. The van der Waals surface area contributed by atoms with Gasteiger partial charge in [0, 0.05) is 13.0 Å². The Morgan fingerprint density at radius 2 is 2.17 bits per heavy atom. The molecular weight excluding hydrogens is 152 g/mol. The molecule has 0 aliphatic heterocycles. The number of allylic oxidation sites excluding steroid dienone is 1. The molecule has 0 N–H and O–H groups in total. The van der Waals surface area contributed by atoms with Gasteiger partial charge in [-0.25, -0.2) is 0 Å². The highest BCUT2D eigenvalue weighted by Crippen LogP contribution is 2.13. The number of Topliss-reactive ketones (excluding diaryl/α,β-unsaturated/α-hetero) is 1. The van der Waals surface area contributed by atoms with Gasteiger partial charge in [0.25, 0.3) is 0 Å². The van der Waals surface area contributed by atoms with Crippen LogP contribution in [0.3, 0.4) is 0 Å². The molecule has 0 aliphatic rings. The highest BCUT2D eigenvalue weighted by Gasteiger charge is 2.26. The van der Waals surface area contributed by atoms with Gasteiger partial charge in [0.2, 0.25) is 0 Å². The number of carbonyl (C=O) groups is 1. The Balaban J connectivity index is 3.96. The number of ketones is 1. The molecule has 0 unspecified atom stereocenters. The summed E-state index contributed by atoms with van der Waals surface area (Å²) in [5, 5.41) is 0. The summed E-state index contributed by atoms with van der Waals surface area (Å²) < 4.78 is 5.30. The third-order valence-corrected chi connectivity index (χ3v) is 1.75. The van der Waals surface area contributed by atoms with Crippen molar-refractivity contribution >= 4 is 5.78 Å². The summed E-state index contributed by atoms with van der Waals surface area (Å²) in [6, 6.07) is 0. The van der Waals surface area contributed by atoms with Crippen LogP contribution < -0.4 is 0 Å². The van der Waals surface area contributed by atoms with Gasteiger partial charge in [-0.3, -0.25) is 4.79 Å². The van der Waals surface area contributed by atoms with Crippen LogP contribution in [0.5, 0.6) is 0 Å². The summed E-state index contributed by atoms with van der Waals surface area (Å²) in [7, 11) is 0. The maximum atomic E-state index is 11.4. The first kappa shape index (κ1) is 11.4. The molecule has 2 nitrogen and oxygen atoms in total. The molecule has 70 valence electrons. The highest BCUT2D eigenvalue weighted by atomic mass is 16.5. The van der Waals surface area contributed by atoms with Crippen LogP contribution in [0.1, 0.15) is 33.6 Å². The number of rotatable bonds is 6.